The zero-order valence-corrected chi connectivity index (χ0v) is 21.9. The number of nitrogens with zero attached hydrogens (tertiary/aromatic N) is 2. The van der Waals surface area contributed by atoms with Crippen molar-refractivity contribution >= 4 is 22.8 Å². The fourth-order valence-electron chi connectivity index (χ4n) is 5.29. The predicted molar refractivity (Wildman–Crippen MR) is 143 cm³/mol. The minimum absolute atomic E-state index is 0.0551. The van der Waals surface area contributed by atoms with Crippen molar-refractivity contribution in [3.63, 3.8) is 0 Å². The molecule has 0 saturated heterocycles. The first-order chi connectivity index (χ1) is 19.3. The van der Waals surface area contributed by atoms with Crippen LogP contribution in [0.1, 0.15) is 35.6 Å². The zero-order valence-electron chi connectivity index (χ0n) is 21.9. The normalized spacial score (nSPS) is 17.0. The number of cyclic esters (lactones) is 1. The Morgan fingerprint density at radius 1 is 1.10 bits per heavy atom. The van der Waals surface area contributed by atoms with Gasteiger partial charge in [-0.3, -0.25) is 4.79 Å². The number of benzene rings is 2. The molecular weight excluding hydrogens is 516 g/mol. The van der Waals surface area contributed by atoms with Gasteiger partial charge in [-0.1, -0.05) is 25.1 Å². The summed E-state index contributed by atoms with van der Waals surface area (Å²) in [6.45, 7) is 1.31. The number of methoxy groups -OCH3 is 1. The largest absolute Gasteiger partial charge is 0.497 e. The molecule has 204 valence electrons. The summed E-state index contributed by atoms with van der Waals surface area (Å²) >= 11 is 0. The van der Waals surface area contributed by atoms with Crippen LogP contribution in [0.25, 0.3) is 22.3 Å². The molecule has 2 aliphatic heterocycles. The van der Waals surface area contributed by atoms with Crippen LogP contribution in [-0.4, -0.2) is 40.3 Å². The van der Waals surface area contributed by atoms with Crippen LogP contribution in [0, 0.1) is 0 Å². The van der Waals surface area contributed by atoms with E-state index in [2.05, 4.69) is 0 Å². The maximum atomic E-state index is 13.5. The van der Waals surface area contributed by atoms with Gasteiger partial charge in [0.1, 0.15) is 24.7 Å². The molecule has 0 bridgehead atoms. The Balaban J connectivity index is 1.33. The van der Waals surface area contributed by atoms with E-state index in [0.29, 0.717) is 28.4 Å². The summed E-state index contributed by atoms with van der Waals surface area (Å²) in [6, 6.07) is 16.0. The molecular formula is C30H26N2O8. The van der Waals surface area contributed by atoms with Gasteiger partial charge >= 0.3 is 11.9 Å². The molecule has 0 unspecified atom stereocenters. The average molecular weight is 543 g/mol. The van der Waals surface area contributed by atoms with Crippen molar-refractivity contribution in [2.45, 2.75) is 38.7 Å². The number of pyridine rings is 2. The van der Waals surface area contributed by atoms with Gasteiger partial charge < -0.3 is 28.6 Å². The number of rotatable bonds is 7. The first-order valence-corrected chi connectivity index (χ1v) is 12.8. The number of para-hydroxylation sites is 1. The Labute approximate surface area is 228 Å². The van der Waals surface area contributed by atoms with Crippen molar-refractivity contribution in [2.75, 3.05) is 13.7 Å². The molecule has 1 atom stereocenters. The lowest BCUT2D eigenvalue weighted by atomic mass is 9.86. The van der Waals surface area contributed by atoms with Gasteiger partial charge in [-0.2, -0.15) is 0 Å². The molecule has 40 heavy (non-hydrogen) atoms. The van der Waals surface area contributed by atoms with E-state index < -0.39 is 17.5 Å². The lowest BCUT2D eigenvalue weighted by Crippen LogP contribution is -2.44. The van der Waals surface area contributed by atoms with Crippen molar-refractivity contribution in [3.8, 4) is 22.9 Å². The van der Waals surface area contributed by atoms with Crippen LogP contribution in [0.3, 0.4) is 0 Å². The molecule has 0 saturated carbocycles. The Morgan fingerprint density at radius 3 is 2.60 bits per heavy atom. The second kappa shape index (κ2) is 9.80. The highest BCUT2D eigenvalue weighted by Gasteiger charge is 2.45. The Hall–Kier alpha value is -4.70. The number of carbonyl (C=O) groups excluding carboxylic acids is 2. The van der Waals surface area contributed by atoms with Crippen LogP contribution in [0.4, 0.5) is 0 Å². The molecule has 10 nitrogen and oxygen atoms in total. The molecule has 0 spiro atoms. The van der Waals surface area contributed by atoms with E-state index in [9.17, 15) is 19.5 Å². The smallest absolute Gasteiger partial charge is 0.344 e. The number of ether oxygens (including phenoxy) is 4. The maximum Gasteiger partial charge on any atom is 0.344 e. The van der Waals surface area contributed by atoms with Crippen molar-refractivity contribution in [1.82, 2.24) is 9.55 Å². The summed E-state index contributed by atoms with van der Waals surface area (Å²) < 4.78 is 23.0. The Morgan fingerprint density at radius 2 is 1.85 bits per heavy atom. The van der Waals surface area contributed by atoms with Crippen LogP contribution < -0.4 is 15.0 Å². The summed E-state index contributed by atoms with van der Waals surface area (Å²) in [7, 11) is 1.57. The molecule has 4 aromatic rings. The molecule has 2 aliphatic rings. The van der Waals surface area contributed by atoms with Gasteiger partial charge in [-0.15, -0.1) is 0 Å². The summed E-state index contributed by atoms with van der Waals surface area (Å²) in [5.41, 5.74) is 1.35. The summed E-state index contributed by atoms with van der Waals surface area (Å²) in [5.74, 6) is -0.160. The zero-order chi connectivity index (χ0) is 28.0. The van der Waals surface area contributed by atoms with Gasteiger partial charge in [0.15, 0.2) is 12.2 Å². The van der Waals surface area contributed by atoms with Gasteiger partial charge in [-0.05, 0) is 42.8 Å². The number of aliphatic hydroxyl groups is 1. The highest BCUT2D eigenvalue weighted by Crippen LogP contribution is 2.40. The van der Waals surface area contributed by atoms with Crippen LogP contribution in [0.15, 0.2) is 59.4 Å². The lowest BCUT2D eigenvalue weighted by molar-refractivity contribution is -0.172. The highest BCUT2D eigenvalue weighted by molar-refractivity contribution is 5.89. The summed E-state index contributed by atoms with van der Waals surface area (Å²) in [4.78, 5) is 43.4. The molecule has 0 fully saturated rings. The van der Waals surface area contributed by atoms with E-state index >= 15 is 0 Å². The van der Waals surface area contributed by atoms with Crippen molar-refractivity contribution < 1.29 is 33.6 Å². The Bertz CT molecular complexity index is 1730. The van der Waals surface area contributed by atoms with Crippen LogP contribution in [-0.2, 0) is 44.4 Å². The molecule has 1 N–H and O–H groups in total. The fraction of sp³-hybridized carbons (Fsp3) is 0.267. The second-order valence-corrected chi connectivity index (χ2v) is 9.66. The van der Waals surface area contributed by atoms with Crippen molar-refractivity contribution in [3.05, 3.63) is 87.2 Å². The molecule has 0 aliphatic carbocycles. The number of esters is 2. The Kier molecular flexibility index (Phi) is 6.26. The molecule has 4 heterocycles. The molecule has 0 amide bonds. The molecule has 2 aromatic carbocycles. The third-order valence-corrected chi connectivity index (χ3v) is 7.51. The molecule has 6 rings (SSSR count). The predicted octanol–water partition coefficient (Wildman–Crippen LogP) is 3.21. The van der Waals surface area contributed by atoms with Crippen molar-refractivity contribution in [2.24, 2.45) is 0 Å². The molecule has 0 radical (unpaired) electrons. The van der Waals surface area contributed by atoms with Gasteiger partial charge in [0.05, 0.1) is 36.1 Å². The number of aromatic nitrogens is 2. The number of carbonyl (C=O) groups is 2. The number of hydrogen-bond donors (Lipinski definition) is 1. The van der Waals surface area contributed by atoms with Crippen molar-refractivity contribution in [1.29, 1.82) is 0 Å². The van der Waals surface area contributed by atoms with E-state index in [0.717, 1.165) is 16.5 Å². The summed E-state index contributed by atoms with van der Waals surface area (Å²) in [6.07, 6.45) is 0.0551. The SMILES string of the molecule is CC[C@@]1(O)C(=O)OCc2c1cc1n(c2=O)Cc2c-1nc1ccccc1c2COC(=O)COc1ccc(OC)cc1. The third-order valence-electron chi connectivity index (χ3n) is 7.51. The fourth-order valence-corrected chi connectivity index (χ4v) is 5.29. The highest BCUT2D eigenvalue weighted by atomic mass is 16.6. The number of fused-ring (bicyclic) bond motifs is 5. The van der Waals surface area contributed by atoms with Gasteiger partial charge in [0.2, 0.25) is 0 Å². The summed E-state index contributed by atoms with van der Waals surface area (Å²) in [5, 5.41) is 11.9. The average Bonchev–Trinajstić information content (AvgIpc) is 3.35. The van der Waals surface area contributed by atoms with Crippen LogP contribution in [0.2, 0.25) is 0 Å². The first kappa shape index (κ1) is 25.6. The first-order valence-electron chi connectivity index (χ1n) is 12.8. The minimum atomic E-state index is -1.91. The second-order valence-electron chi connectivity index (χ2n) is 9.66. The van der Waals surface area contributed by atoms with Gasteiger partial charge in [0.25, 0.3) is 5.56 Å². The maximum absolute atomic E-state index is 13.5. The van der Waals surface area contributed by atoms with Gasteiger partial charge in [-0.25, -0.2) is 14.6 Å². The van der Waals surface area contributed by atoms with E-state index in [1.165, 1.54) is 0 Å². The van der Waals surface area contributed by atoms with E-state index in [1.54, 1.807) is 48.9 Å². The van der Waals surface area contributed by atoms with E-state index in [1.807, 2.05) is 24.3 Å². The van der Waals surface area contributed by atoms with Gasteiger partial charge in [0, 0.05) is 22.1 Å². The lowest BCUT2D eigenvalue weighted by Gasteiger charge is -2.31. The molecule has 2 aromatic heterocycles. The monoisotopic (exact) mass is 542 g/mol. The minimum Gasteiger partial charge on any atom is -0.497 e. The third kappa shape index (κ3) is 4.08. The van der Waals surface area contributed by atoms with Crippen LogP contribution in [0.5, 0.6) is 11.5 Å². The number of hydrogen-bond acceptors (Lipinski definition) is 9. The van der Waals surface area contributed by atoms with Crippen LogP contribution >= 0.6 is 0 Å². The van der Waals surface area contributed by atoms with E-state index in [-0.39, 0.29) is 49.5 Å². The molecule has 10 heteroatoms. The quantitative estimate of drug-likeness (QED) is 0.309. The van der Waals surface area contributed by atoms with E-state index in [4.69, 9.17) is 23.9 Å². The topological polar surface area (TPSA) is 126 Å². The standard InChI is InChI=1S/C30H26N2O8/c1-3-30(36)23-12-25-27-20(13-32(25)28(34)22(23)15-40-29(30)35)21(19-6-4-5-7-24(19)31-27)14-39-26(33)16-38-18-10-8-17(37-2)9-11-18/h4-12,36H,3,13-16H2,1-2H3/t30-/m0/s1.